The standard InChI is InChI=1S/C22H25NO3S/c1-4-17-8-10-18(11-9-17)20-21(22(20,14-23)15-26-5-2)27(24,25)19-12-6-16(3)7-13-19/h6-13,20-21H,4-5,15H2,1-3H3/t20-,21+,22+/m0/s1. The van der Waals surface area contributed by atoms with Crippen molar-refractivity contribution in [2.75, 3.05) is 13.2 Å². The van der Waals surface area contributed by atoms with Crippen LogP contribution in [0.3, 0.4) is 0 Å². The van der Waals surface area contributed by atoms with E-state index in [-0.39, 0.29) is 17.4 Å². The summed E-state index contributed by atoms with van der Waals surface area (Å²) in [6.07, 6.45) is 0.915. The Morgan fingerprint density at radius 3 is 2.22 bits per heavy atom. The average molecular weight is 384 g/mol. The van der Waals surface area contributed by atoms with Gasteiger partial charge >= 0.3 is 0 Å². The molecule has 1 aliphatic rings. The minimum absolute atomic E-state index is 0.121. The molecule has 0 aliphatic heterocycles. The van der Waals surface area contributed by atoms with Crippen LogP contribution in [-0.2, 0) is 21.0 Å². The van der Waals surface area contributed by atoms with Gasteiger partial charge in [0.15, 0.2) is 9.84 Å². The minimum Gasteiger partial charge on any atom is -0.380 e. The first kappa shape index (κ1) is 19.6. The van der Waals surface area contributed by atoms with Crippen molar-refractivity contribution in [3.63, 3.8) is 0 Å². The summed E-state index contributed by atoms with van der Waals surface area (Å²) in [5, 5.41) is 9.15. The van der Waals surface area contributed by atoms with Gasteiger partial charge in [-0.3, -0.25) is 0 Å². The highest BCUT2D eigenvalue weighted by molar-refractivity contribution is 7.92. The second kappa shape index (κ2) is 7.46. The van der Waals surface area contributed by atoms with Crippen molar-refractivity contribution >= 4 is 9.84 Å². The molecule has 1 fully saturated rings. The first-order valence-corrected chi connectivity index (χ1v) is 10.8. The van der Waals surface area contributed by atoms with E-state index < -0.39 is 20.5 Å². The molecule has 1 saturated carbocycles. The van der Waals surface area contributed by atoms with Crippen molar-refractivity contribution in [3.05, 3.63) is 65.2 Å². The van der Waals surface area contributed by atoms with E-state index in [1.807, 2.05) is 38.1 Å². The molecule has 0 heterocycles. The lowest BCUT2D eigenvalue weighted by Crippen LogP contribution is -2.19. The van der Waals surface area contributed by atoms with Gasteiger partial charge in [-0.1, -0.05) is 48.9 Å². The summed E-state index contributed by atoms with van der Waals surface area (Å²) < 4.78 is 32.2. The maximum absolute atomic E-state index is 13.3. The van der Waals surface area contributed by atoms with Gasteiger partial charge in [0.1, 0.15) is 5.41 Å². The second-order valence-corrected chi connectivity index (χ2v) is 9.21. The monoisotopic (exact) mass is 383 g/mol. The van der Waals surface area contributed by atoms with Gasteiger partial charge in [0.2, 0.25) is 0 Å². The summed E-state index contributed by atoms with van der Waals surface area (Å²) in [4.78, 5) is 0.266. The van der Waals surface area contributed by atoms with Crippen molar-refractivity contribution in [1.29, 1.82) is 5.26 Å². The third kappa shape index (κ3) is 3.40. The Kier molecular flexibility index (Phi) is 5.41. The van der Waals surface area contributed by atoms with E-state index in [0.717, 1.165) is 17.5 Å². The third-order valence-corrected chi connectivity index (χ3v) is 7.73. The maximum atomic E-state index is 13.3. The molecular formula is C22H25NO3S. The molecule has 2 aromatic carbocycles. The van der Waals surface area contributed by atoms with Crippen molar-refractivity contribution in [3.8, 4) is 6.07 Å². The van der Waals surface area contributed by atoms with Crippen LogP contribution >= 0.6 is 0 Å². The lowest BCUT2D eigenvalue weighted by atomic mass is 10.00. The smallest absolute Gasteiger partial charge is 0.183 e. The maximum Gasteiger partial charge on any atom is 0.183 e. The Morgan fingerprint density at radius 1 is 1.07 bits per heavy atom. The minimum atomic E-state index is -3.65. The van der Waals surface area contributed by atoms with Gasteiger partial charge in [0.05, 0.1) is 22.8 Å². The Labute approximate surface area is 161 Å². The van der Waals surface area contributed by atoms with Crippen molar-refractivity contribution in [1.82, 2.24) is 0 Å². The summed E-state index contributed by atoms with van der Waals surface area (Å²) in [5.74, 6) is -0.383. The molecule has 0 bridgehead atoms. The molecule has 0 saturated heterocycles. The van der Waals surface area contributed by atoms with E-state index >= 15 is 0 Å². The second-order valence-electron chi connectivity index (χ2n) is 7.14. The van der Waals surface area contributed by atoms with Crippen LogP contribution in [0.1, 0.15) is 36.5 Å². The molecule has 0 spiro atoms. The zero-order valence-corrected chi connectivity index (χ0v) is 16.8. The zero-order chi connectivity index (χ0) is 19.7. The number of hydrogen-bond acceptors (Lipinski definition) is 4. The van der Waals surface area contributed by atoms with Crippen LogP contribution in [0.4, 0.5) is 0 Å². The van der Waals surface area contributed by atoms with Gasteiger partial charge in [-0.15, -0.1) is 0 Å². The summed E-state index contributed by atoms with van der Waals surface area (Å²) in [5.41, 5.74) is 2.02. The fraction of sp³-hybridized carbons (Fsp3) is 0.409. The van der Waals surface area contributed by atoms with Crippen LogP contribution in [0.2, 0.25) is 0 Å². The molecule has 142 valence electrons. The van der Waals surface area contributed by atoms with E-state index in [1.54, 1.807) is 24.3 Å². The van der Waals surface area contributed by atoms with Crippen molar-refractivity contribution in [2.45, 2.75) is 43.3 Å². The molecule has 3 atom stereocenters. The number of nitriles is 1. The van der Waals surface area contributed by atoms with Crippen molar-refractivity contribution < 1.29 is 13.2 Å². The predicted octanol–water partition coefficient (Wildman–Crippen LogP) is 4.04. The molecule has 0 N–H and O–H groups in total. The Balaban J connectivity index is 2.04. The largest absolute Gasteiger partial charge is 0.380 e. The van der Waals surface area contributed by atoms with E-state index in [1.165, 1.54) is 5.56 Å². The van der Waals surface area contributed by atoms with Crippen LogP contribution in [0.15, 0.2) is 53.4 Å². The topological polar surface area (TPSA) is 67.2 Å². The summed E-state index contributed by atoms with van der Waals surface area (Å²) in [6.45, 7) is 6.41. The molecule has 2 aromatic rings. The number of sulfone groups is 1. The quantitative estimate of drug-likeness (QED) is 0.723. The normalized spacial score (nSPS) is 24.4. The van der Waals surface area contributed by atoms with Gasteiger partial charge < -0.3 is 4.74 Å². The first-order chi connectivity index (χ1) is 12.9. The molecule has 0 aromatic heterocycles. The first-order valence-electron chi connectivity index (χ1n) is 9.29. The summed E-state index contributed by atoms with van der Waals surface area (Å²) in [7, 11) is -3.65. The SMILES string of the molecule is CCOC[C@@]1(C#N)[C@H](S(=O)(=O)c2ccc(C)cc2)[C@@H]1c1ccc(CC)cc1. The number of benzene rings is 2. The molecule has 3 rings (SSSR count). The number of ether oxygens (including phenoxy) is 1. The Bertz CT molecular complexity index is 943. The van der Waals surface area contributed by atoms with Crippen LogP contribution in [0, 0.1) is 23.7 Å². The highest BCUT2D eigenvalue weighted by atomic mass is 32.2. The number of nitrogens with zero attached hydrogens (tertiary/aromatic N) is 1. The molecule has 0 unspecified atom stereocenters. The molecule has 0 radical (unpaired) electrons. The van der Waals surface area contributed by atoms with Crippen molar-refractivity contribution in [2.24, 2.45) is 5.41 Å². The highest BCUT2D eigenvalue weighted by Gasteiger charge is 2.72. The average Bonchev–Trinajstić information content (AvgIpc) is 3.37. The Morgan fingerprint density at radius 2 is 1.70 bits per heavy atom. The van der Waals surface area contributed by atoms with Gasteiger partial charge in [-0.25, -0.2) is 8.42 Å². The van der Waals surface area contributed by atoms with E-state index in [9.17, 15) is 13.7 Å². The molecule has 4 nitrogen and oxygen atoms in total. The van der Waals surface area contributed by atoms with E-state index in [2.05, 4.69) is 13.0 Å². The van der Waals surface area contributed by atoms with Crippen LogP contribution in [0.5, 0.6) is 0 Å². The van der Waals surface area contributed by atoms with Gasteiger partial charge in [0, 0.05) is 12.5 Å². The van der Waals surface area contributed by atoms with Crippen LogP contribution < -0.4 is 0 Å². The third-order valence-electron chi connectivity index (χ3n) is 5.44. The number of hydrogen-bond donors (Lipinski definition) is 0. The molecular weight excluding hydrogens is 358 g/mol. The summed E-state index contributed by atoms with van der Waals surface area (Å²) >= 11 is 0. The fourth-order valence-corrected chi connectivity index (χ4v) is 6.09. The lowest BCUT2D eigenvalue weighted by Gasteiger charge is -2.10. The van der Waals surface area contributed by atoms with Crippen LogP contribution in [-0.4, -0.2) is 26.9 Å². The highest BCUT2D eigenvalue weighted by Crippen LogP contribution is 2.63. The van der Waals surface area contributed by atoms with Gasteiger partial charge in [-0.2, -0.15) is 5.26 Å². The molecule has 0 amide bonds. The predicted molar refractivity (Wildman–Crippen MR) is 105 cm³/mol. The summed E-state index contributed by atoms with van der Waals surface area (Å²) in [6, 6.07) is 17.0. The number of aryl methyl sites for hydroxylation is 2. The fourth-order valence-electron chi connectivity index (χ4n) is 3.78. The Hall–Kier alpha value is -2.16. The number of rotatable bonds is 7. The van der Waals surface area contributed by atoms with Crippen LogP contribution in [0.25, 0.3) is 0 Å². The molecule has 27 heavy (non-hydrogen) atoms. The van der Waals surface area contributed by atoms with Gasteiger partial charge in [-0.05, 0) is 43.5 Å². The lowest BCUT2D eigenvalue weighted by molar-refractivity contribution is 0.117. The molecule has 1 aliphatic carbocycles. The van der Waals surface area contributed by atoms with E-state index in [4.69, 9.17) is 4.74 Å². The zero-order valence-electron chi connectivity index (χ0n) is 16.0. The van der Waals surface area contributed by atoms with E-state index in [0.29, 0.717) is 6.61 Å². The van der Waals surface area contributed by atoms with Gasteiger partial charge in [0.25, 0.3) is 0 Å². The molecule has 5 heteroatoms.